The molecule has 0 aliphatic rings. The van der Waals surface area contributed by atoms with Gasteiger partial charge < -0.3 is 5.73 Å². The highest BCUT2D eigenvalue weighted by Crippen LogP contribution is 2.41. The first kappa shape index (κ1) is 18.3. The second-order valence-electron chi connectivity index (χ2n) is 6.71. The summed E-state index contributed by atoms with van der Waals surface area (Å²) in [5.41, 5.74) is 8.81. The zero-order valence-corrected chi connectivity index (χ0v) is 16.2. The normalized spacial score (nSPS) is 12.0. The summed E-state index contributed by atoms with van der Waals surface area (Å²) in [6, 6.07) is 32.0. The Morgan fingerprint density at radius 2 is 1.46 bits per heavy atom. The van der Waals surface area contributed by atoms with Gasteiger partial charge in [-0.15, -0.1) is 11.8 Å². The van der Waals surface area contributed by atoms with Crippen LogP contribution in [0.15, 0.2) is 102 Å². The topological polar surface area (TPSA) is 43.1 Å². The second kappa shape index (κ2) is 8.32. The third-order valence-electron chi connectivity index (χ3n) is 4.82. The molecule has 0 heterocycles. The molecule has 4 aromatic carbocycles. The first-order valence-electron chi connectivity index (χ1n) is 9.29. The molecule has 2 nitrogen and oxygen atoms in total. The Morgan fingerprint density at radius 1 is 0.786 bits per heavy atom. The number of anilines is 1. The number of ketones is 1. The number of fused-ring (bicyclic) bond motifs is 1. The van der Waals surface area contributed by atoms with Crippen molar-refractivity contribution in [2.75, 3.05) is 5.73 Å². The highest BCUT2D eigenvalue weighted by molar-refractivity contribution is 7.99. The fraction of sp³-hybridized carbons (Fsp3) is 0.0800. The highest BCUT2D eigenvalue weighted by Gasteiger charge is 2.20. The monoisotopic (exact) mass is 383 g/mol. The van der Waals surface area contributed by atoms with Crippen LogP contribution in [0.1, 0.15) is 27.6 Å². The molecule has 4 aromatic rings. The maximum absolute atomic E-state index is 13.3. The molecule has 0 fully saturated rings. The second-order valence-corrected chi connectivity index (χ2v) is 7.95. The van der Waals surface area contributed by atoms with Crippen molar-refractivity contribution in [2.24, 2.45) is 0 Å². The minimum atomic E-state index is -0.00244. The van der Waals surface area contributed by atoms with E-state index in [0.29, 0.717) is 6.42 Å². The lowest BCUT2D eigenvalue weighted by Crippen LogP contribution is -2.06. The standard InChI is InChI=1S/C25H21NOS/c26-22-15-6-7-16-24(22)28-25(19-10-2-1-3-11-19)17-23(27)21-14-8-12-18-9-4-5-13-20(18)21/h1-16,25H,17,26H2/t25-/m1/s1. The molecular formula is C25H21NOS. The van der Waals surface area contributed by atoms with Crippen LogP contribution in [-0.4, -0.2) is 5.78 Å². The van der Waals surface area contributed by atoms with Crippen LogP contribution >= 0.6 is 11.8 Å². The first-order chi connectivity index (χ1) is 13.7. The van der Waals surface area contributed by atoms with Gasteiger partial charge in [0.25, 0.3) is 0 Å². The van der Waals surface area contributed by atoms with Crippen molar-refractivity contribution in [3.05, 3.63) is 108 Å². The van der Waals surface area contributed by atoms with Crippen molar-refractivity contribution in [3.8, 4) is 0 Å². The summed E-state index contributed by atoms with van der Waals surface area (Å²) < 4.78 is 0. The van der Waals surface area contributed by atoms with Crippen LogP contribution in [0.4, 0.5) is 5.69 Å². The molecule has 3 heteroatoms. The summed E-state index contributed by atoms with van der Waals surface area (Å²) in [5, 5.41) is 2.09. The van der Waals surface area contributed by atoms with Crippen molar-refractivity contribution < 1.29 is 4.79 Å². The smallest absolute Gasteiger partial charge is 0.164 e. The van der Waals surface area contributed by atoms with Crippen LogP contribution < -0.4 is 5.73 Å². The Hall–Kier alpha value is -3.04. The number of benzene rings is 4. The molecule has 0 radical (unpaired) electrons. The SMILES string of the molecule is Nc1ccccc1S[C@H](CC(=O)c1cccc2ccccc12)c1ccccc1. The molecule has 0 amide bonds. The van der Waals surface area contributed by atoms with E-state index in [9.17, 15) is 4.79 Å². The Balaban J connectivity index is 1.67. The number of thioether (sulfide) groups is 1. The van der Waals surface area contributed by atoms with Crippen LogP contribution in [0.5, 0.6) is 0 Å². The molecule has 0 aliphatic carbocycles. The number of nitrogen functional groups attached to an aromatic ring is 1. The van der Waals surface area contributed by atoms with Gasteiger partial charge in [0, 0.05) is 27.8 Å². The Bertz CT molecular complexity index is 1100. The Morgan fingerprint density at radius 3 is 2.29 bits per heavy atom. The summed E-state index contributed by atoms with van der Waals surface area (Å²) in [4.78, 5) is 14.3. The predicted molar refractivity (Wildman–Crippen MR) is 119 cm³/mol. The van der Waals surface area contributed by atoms with Crippen molar-refractivity contribution in [2.45, 2.75) is 16.6 Å². The third-order valence-corrected chi connectivity index (χ3v) is 6.17. The molecule has 138 valence electrons. The number of rotatable bonds is 6. The van der Waals surface area contributed by atoms with Crippen molar-refractivity contribution in [1.82, 2.24) is 0 Å². The minimum Gasteiger partial charge on any atom is -0.398 e. The fourth-order valence-corrected chi connectivity index (χ4v) is 4.58. The van der Waals surface area contributed by atoms with Gasteiger partial charge in [-0.05, 0) is 28.5 Å². The molecule has 0 unspecified atom stereocenters. The predicted octanol–water partition coefficient (Wildman–Crippen LogP) is 6.53. The molecule has 0 aromatic heterocycles. The van der Waals surface area contributed by atoms with Gasteiger partial charge in [-0.25, -0.2) is 0 Å². The molecule has 1 atom stereocenters. The Kier molecular flexibility index (Phi) is 5.45. The van der Waals surface area contributed by atoms with Crippen LogP contribution in [0.3, 0.4) is 0 Å². The van der Waals surface area contributed by atoms with E-state index in [0.717, 1.165) is 32.5 Å². The van der Waals surface area contributed by atoms with E-state index in [4.69, 9.17) is 5.73 Å². The number of Topliss-reactive ketones (excluding diaryl/α,β-unsaturated/α-hetero) is 1. The van der Waals surface area contributed by atoms with Crippen LogP contribution in [-0.2, 0) is 0 Å². The number of carbonyl (C=O) groups excluding carboxylic acids is 1. The summed E-state index contributed by atoms with van der Waals surface area (Å²) >= 11 is 1.65. The number of para-hydroxylation sites is 1. The van der Waals surface area contributed by atoms with E-state index in [1.165, 1.54) is 0 Å². The largest absolute Gasteiger partial charge is 0.398 e. The zero-order valence-electron chi connectivity index (χ0n) is 15.4. The Labute approximate surface area is 169 Å². The third kappa shape index (κ3) is 3.95. The average molecular weight is 384 g/mol. The van der Waals surface area contributed by atoms with E-state index in [2.05, 4.69) is 12.1 Å². The van der Waals surface area contributed by atoms with Crippen LogP contribution in [0.25, 0.3) is 10.8 Å². The fourth-order valence-electron chi connectivity index (χ4n) is 3.38. The molecule has 0 saturated heterocycles. The molecule has 28 heavy (non-hydrogen) atoms. The van der Waals surface area contributed by atoms with Gasteiger partial charge in [-0.3, -0.25) is 4.79 Å². The van der Waals surface area contributed by atoms with Crippen LogP contribution in [0.2, 0.25) is 0 Å². The van der Waals surface area contributed by atoms with Gasteiger partial charge in [-0.1, -0.05) is 84.9 Å². The zero-order chi connectivity index (χ0) is 19.3. The molecule has 0 bridgehead atoms. The average Bonchev–Trinajstić information content (AvgIpc) is 2.75. The summed E-state index contributed by atoms with van der Waals surface area (Å²) in [7, 11) is 0. The van der Waals surface area contributed by atoms with E-state index < -0.39 is 0 Å². The lowest BCUT2D eigenvalue weighted by atomic mass is 9.97. The lowest BCUT2D eigenvalue weighted by Gasteiger charge is -2.18. The van der Waals surface area contributed by atoms with Gasteiger partial charge in [0.2, 0.25) is 0 Å². The number of hydrogen-bond donors (Lipinski definition) is 1. The van der Waals surface area contributed by atoms with Gasteiger partial charge in [0.1, 0.15) is 0 Å². The molecule has 0 aliphatic heterocycles. The molecule has 2 N–H and O–H groups in total. The summed E-state index contributed by atoms with van der Waals surface area (Å²) in [6.45, 7) is 0. The first-order valence-corrected chi connectivity index (χ1v) is 10.2. The van der Waals surface area contributed by atoms with Gasteiger partial charge in [0.05, 0.1) is 0 Å². The molecule has 0 saturated carbocycles. The van der Waals surface area contributed by atoms with Crippen molar-refractivity contribution in [1.29, 1.82) is 0 Å². The quantitative estimate of drug-likeness (QED) is 0.234. The number of carbonyl (C=O) groups is 1. The summed E-state index contributed by atoms with van der Waals surface area (Å²) in [5.74, 6) is 0.146. The van der Waals surface area contributed by atoms with Crippen molar-refractivity contribution >= 4 is 34.0 Å². The van der Waals surface area contributed by atoms with Gasteiger partial charge in [0.15, 0.2) is 5.78 Å². The van der Waals surface area contributed by atoms with E-state index in [-0.39, 0.29) is 11.0 Å². The highest BCUT2D eigenvalue weighted by atomic mass is 32.2. The van der Waals surface area contributed by atoms with Crippen LogP contribution in [0, 0.1) is 0 Å². The van der Waals surface area contributed by atoms with E-state index in [1.807, 2.05) is 84.9 Å². The number of nitrogens with two attached hydrogens (primary N) is 1. The maximum atomic E-state index is 13.3. The van der Waals surface area contributed by atoms with Gasteiger partial charge >= 0.3 is 0 Å². The lowest BCUT2D eigenvalue weighted by molar-refractivity contribution is 0.0983. The maximum Gasteiger partial charge on any atom is 0.164 e. The van der Waals surface area contributed by atoms with Crippen molar-refractivity contribution in [3.63, 3.8) is 0 Å². The number of hydrogen-bond acceptors (Lipinski definition) is 3. The summed E-state index contributed by atoms with van der Waals surface area (Å²) in [6.07, 6.45) is 0.414. The molecule has 4 rings (SSSR count). The molecular weight excluding hydrogens is 362 g/mol. The van der Waals surface area contributed by atoms with Gasteiger partial charge in [-0.2, -0.15) is 0 Å². The minimum absolute atomic E-state index is 0.00244. The van der Waals surface area contributed by atoms with E-state index >= 15 is 0 Å². The van der Waals surface area contributed by atoms with E-state index in [1.54, 1.807) is 11.8 Å². The molecule has 0 spiro atoms.